The van der Waals surface area contributed by atoms with Crippen molar-refractivity contribution in [1.82, 2.24) is 9.78 Å². The normalized spacial score (nSPS) is 11.6. The molecule has 1 aromatic carbocycles. The maximum atomic E-state index is 5.56. The third-order valence-corrected chi connectivity index (χ3v) is 3.41. The van der Waals surface area contributed by atoms with Gasteiger partial charge in [-0.25, -0.2) is 0 Å². The van der Waals surface area contributed by atoms with Crippen LogP contribution in [0.1, 0.15) is 25.5 Å². The van der Waals surface area contributed by atoms with Crippen molar-refractivity contribution in [2.75, 3.05) is 6.54 Å². The van der Waals surface area contributed by atoms with Gasteiger partial charge in [0.05, 0.1) is 5.52 Å². The van der Waals surface area contributed by atoms with Gasteiger partial charge in [0, 0.05) is 11.4 Å². The van der Waals surface area contributed by atoms with Gasteiger partial charge in [-0.1, -0.05) is 6.07 Å². The average Bonchev–Trinajstić information content (AvgIpc) is 2.57. The van der Waals surface area contributed by atoms with Crippen LogP contribution in [0.4, 0.5) is 0 Å². The van der Waals surface area contributed by atoms with E-state index in [0.717, 1.165) is 16.5 Å². The molecule has 0 fully saturated rings. The Kier molecular flexibility index (Phi) is 3.30. The molecule has 0 saturated carbocycles. The molecule has 0 aliphatic rings. The SMILES string of the molecule is CC(C)n1nc2ccc(CCN)cc2c1Br. The molecule has 2 N–H and O–H groups in total. The molecule has 0 amide bonds. The predicted octanol–water partition coefficient (Wildman–Crippen LogP) is 2.88. The van der Waals surface area contributed by atoms with E-state index in [1.165, 1.54) is 10.9 Å². The Balaban J connectivity index is 2.55. The lowest BCUT2D eigenvalue weighted by molar-refractivity contribution is 0.527. The van der Waals surface area contributed by atoms with Crippen molar-refractivity contribution in [3.05, 3.63) is 28.4 Å². The molecule has 0 aliphatic heterocycles. The molecule has 86 valence electrons. The van der Waals surface area contributed by atoms with Gasteiger partial charge in [-0.05, 0) is 60.4 Å². The summed E-state index contributed by atoms with van der Waals surface area (Å²) in [6.07, 6.45) is 0.912. The summed E-state index contributed by atoms with van der Waals surface area (Å²) in [4.78, 5) is 0. The first kappa shape index (κ1) is 11.6. The monoisotopic (exact) mass is 281 g/mol. The first-order valence-electron chi connectivity index (χ1n) is 5.50. The third kappa shape index (κ3) is 1.99. The highest BCUT2D eigenvalue weighted by molar-refractivity contribution is 9.10. The fraction of sp³-hybridized carbons (Fsp3) is 0.417. The van der Waals surface area contributed by atoms with Crippen molar-refractivity contribution in [2.45, 2.75) is 26.3 Å². The topological polar surface area (TPSA) is 43.8 Å². The van der Waals surface area contributed by atoms with E-state index in [0.29, 0.717) is 12.6 Å². The van der Waals surface area contributed by atoms with Crippen LogP contribution in [0.25, 0.3) is 10.9 Å². The predicted molar refractivity (Wildman–Crippen MR) is 70.6 cm³/mol. The summed E-state index contributed by atoms with van der Waals surface area (Å²) in [6, 6.07) is 6.68. The van der Waals surface area contributed by atoms with Gasteiger partial charge in [0.15, 0.2) is 0 Å². The number of halogens is 1. The first-order valence-corrected chi connectivity index (χ1v) is 6.29. The van der Waals surface area contributed by atoms with E-state index in [9.17, 15) is 0 Å². The molecule has 0 aliphatic carbocycles. The largest absolute Gasteiger partial charge is 0.330 e. The first-order chi connectivity index (χ1) is 7.63. The van der Waals surface area contributed by atoms with Crippen molar-refractivity contribution >= 4 is 26.8 Å². The molecule has 0 unspecified atom stereocenters. The molecule has 0 radical (unpaired) electrons. The Labute approximate surface area is 104 Å². The van der Waals surface area contributed by atoms with Crippen LogP contribution in [0.3, 0.4) is 0 Å². The van der Waals surface area contributed by atoms with Crippen molar-refractivity contribution in [1.29, 1.82) is 0 Å². The zero-order valence-corrected chi connectivity index (χ0v) is 11.2. The molecular formula is C12H16BrN3. The molecular weight excluding hydrogens is 266 g/mol. The summed E-state index contributed by atoms with van der Waals surface area (Å²) in [5.41, 5.74) is 7.86. The molecule has 0 atom stereocenters. The van der Waals surface area contributed by atoms with Crippen LogP contribution < -0.4 is 5.73 Å². The molecule has 0 bridgehead atoms. The van der Waals surface area contributed by atoms with E-state index in [4.69, 9.17) is 5.73 Å². The Bertz CT molecular complexity index is 502. The molecule has 2 rings (SSSR count). The number of aromatic nitrogens is 2. The summed E-state index contributed by atoms with van der Waals surface area (Å²) in [5.74, 6) is 0. The average molecular weight is 282 g/mol. The number of nitrogens with two attached hydrogens (primary N) is 1. The van der Waals surface area contributed by atoms with Crippen molar-refractivity contribution in [2.24, 2.45) is 5.73 Å². The van der Waals surface area contributed by atoms with E-state index < -0.39 is 0 Å². The summed E-state index contributed by atoms with van der Waals surface area (Å²) in [7, 11) is 0. The van der Waals surface area contributed by atoms with Crippen molar-refractivity contribution in [3.8, 4) is 0 Å². The molecule has 1 aromatic heterocycles. The van der Waals surface area contributed by atoms with E-state index in [1.807, 2.05) is 4.68 Å². The number of nitrogens with zero attached hydrogens (tertiary/aromatic N) is 2. The van der Waals surface area contributed by atoms with Gasteiger partial charge in [-0.3, -0.25) is 4.68 Å². The van der Waals surface area contributed by atoms with Crippen molar-refractivity contribution in [3.63, 3.8) is 0 Å². The molecule has 1 heterocycles. The fourth-order valence-electron chi connectivity index (χ4n) is 1.78. The molecule has 2 aromatic rings. The van der Waals surface area contributed by atoms with Gasteiger partial charge in [0.25, 0.3) is 0 Å². The Morgan fingerprint density at radius 1 is 1.44 bits per heavy atom. The number of rotatable bonds is 3. The van der Waals surface area contributed by atoms with Gasteiger partial charge >= 0.3 is 0 Å². The number of benzene rings is 1. The zero-order valence-electron chi connectivity index (χ0n) is 9.57. The third-order valence-electron chi connectivity index (χ3n) is 2.62. The smallest absolute Gasteiger partial charge is 0.112 e. The fourth-order valence-corrected chi connectivity index (χ4v) is 2.59. The second kappa shape index (κ2) is 4.55. The maximum Gasteiger partial charge on any atom is 0.112 e. The summed E-state index contributed by atoms with van der Waals surface area (Å²) in [5, 5.41) is 5.72. The van der Waals surface area contributed by atoms with E-state index in [-0.39, 0.29) is 0 Å². The zero-order chi connectivity index (χ0) is 11.7. The van der Waals surface area contributed by atoms with Gasteiger partial charge < -0.3 is 5.73 Å². The minimum Gasteiger partial charge on any atom is -0.330 e. The Morgan fingerprint density at radius 2 is 2.19 bits per heavy atom. The lowest BCUT2D eigenvalue weighted by Gasteiger charge is -2.05. The van der Waals surface area contributed by atoms with Crippen LogP contribution in [-0.2, 0) is 6.42 Å². The number of fused-ring (bicyclic) bond motifs is 1. The maximum absolute atomic E-state index is 5.56. The van der Waals surface area contributed by atoms with E-state index in [1.54, 1.807) is 0 Å². The molecule has 3 nitrogen and oxygen atoms in total. The molecule has 16 heavy (non-hydrogen) atoms. The Hall–Kier alpha value is -0.870. The highest BCUT2D eigenvalue weighted by Gasteiger charge is 2.11. The molecule has 0 spiro atoms. The summed E-state index contributed by atoms with van der Waals surface area (Å²) < 4.78 is 3.05. The van der Waals surface area contributed by atoms with Crippen LogP contribution in [0.5, 0.6) is 0 Å². The molecule has 0 saturated heterocycles. The van der Waals surface area contributed by atoms with Gasteiger partial charge in [0.2, 0.25) is 0 Å². The standard InChI is InChI=1S/C12H16BrN3/c1-8(2)16-12(13)10-7-9(5-6-14)3-4-11(10)15-16/h3-4,7-8H,5-6,14H2,1-2H3. The van der Waals surface area contributed by atoms with Crippen molar-refractivity contribution < 1.29 is 0 Å². The van der Waals surface area contributed by atoms with Gasteiger partial charge in [-0.2, -0.15) is 5.10 Å². The van der Waals surface area contributed by atoms with Gasteiger partial charge in [-0.15, -0.1) is 0 Å². The van der Waals surface area contributed by atoms with E-state index in [2.05, 4.69) is 53.1 Å². The Morgan fingerprint density at radius 3 is 2.81 bits per heavy atom. The number of hydrogen-bond donors (Lipinski definition) is 1. The minimum atomic E-state index is 0.361. The highest BCUT2D eigenvalue weighted by Crippen LogP contribution is 2.27. The quantitative estimate of drug-likeness (QED) is 0.940. The van der Waals surface area contributed by atoms with Crippen LogP contribution >= 0.6 is 15.9 Å². The lowest BCUT2D eigenvalue weighted by atomic mass is 10.1. The van der Waals surface area contributed by atoms with Gasteiger partial charge in [0.1, 0.15) is 4.60 Å². The molecule has 4 heteroatoms. The van der Waals surface area contributed by atoms with Crippen LogP contribution in [-0.4, -0.2) is 16.3 Å². The lowest BCUT2D eigenvalue weighted by Crippen LogP contribution is -2.02. The summed E-state index contributed by atoms with van der Waals surface area (Å²) >= 11 is 3.61. The van der Waals surface area contributed by atoms with Crippen LogP contribution in [0.2, 0.25) is 0 Å². The number of hydrogen-bond acceptors (Lipinski definition) is 2. The summed E-state index contributed by atoms with van der Waals surface area (Å²) in [6.45, 7) is 4.93. The second-order valence-corrected chi connectivity index (χ2v) is 4.97. The van der Waals surface area contributed by atoms with Crippen LogP contribution in [0.15, 0.2) is 22.8 Å². The minimum absolute atomic E-state index is 0.361. The highest BCUT2D eigenvalue weighted by atomic mass is 79.9. The van der Waals surface area contributed by atoms with Crippen LogP contribution in [0, 0.1) is 0 Å². The van der Waals surface area contributed by atoms with E-state index >= 15 is 0 Å². The second-order valence-electron chi connectivity index (χ2n) is 4.22.